The molecule has 42 heavy (non-hydrogen) atoms. The van der Waals surface area contributed by atoms with Gasteiger partial charge in [0.05, 0.1) is 23.8 Å². The number of esters is 1. The van der Waals surface area contributed by atoms with Gasteiger partial charge in [-0.05, 0) is 94.3 Å². The third-order valence-electron chi connectivity index (χ3n) is 7.81. The molecular weight excluding hydrogens is 584 g/mol. The van der Waals surface area contributed by atoms with E-state index in [0.717, 1.165) is 17.2 Å². The number of amides is 2. The molecule has 1 unspecified atom stereocenters. The Morgan fingerprint density at radius 3 is 2.52 bits per heavy atom. The predicted molar refractivity (Wildman–Crippen MR) is 159 cm³/mol. The second kappa shape index (κ2) is 11.8. The van der Waals surface area contributed by atoms with Crippen LogP contribution in [0.2, 0.25) is 10.0 Å². The fourth-order valence-corrected chi connectivity index (χ4v) is 6.41. The van der Waals surface area contributed by atoms with Gasteiger partial charge < -0.3 is 24.6 Å². The van der Waals surface area contributed by atoms with Crippen LogP contribution in [0.1, 0.15) is 73.6 Å². The van der Waals surface area contributed by atoms with E-state index in [2.05, 4.69) is 5.32 Å². The Morgan fingerprint density at radius 1 is 1.12 bits per heavy atom. The number of nitrogens with one attached hydrogen (secondary N) is 1. The number of carbonyl (C=O) groups excluding carboxylic acids is 3. The maximum atomic E-state index is 15.0. The van der Waals surface area contributed by atoms with Crippen LogP contribution < -0.4 is 5.32 Å². The van der Waals surface area contributed by atoms with E-state index in [4.69, 9.17) is 32.7 Å². The van der Waals surface area contributed by atoms with Crippen LogP contribution in [0.5, 0.6) is 0 Å². The minimum Gasteiger partial charge on any atom is -0.444 e. The number of rotatable bonds is 4. The van der Waals surface area contributed by atoms with Crippen molar-refractivity contribution >= 4 is 52.6 Å². The Labute approximate surface area is 254 Å². The molecule has 2 aromatic carbocycles. The van der Waals surface area contributed by atoms with Gasteiger partial charge in [0.1, 0.15) is 17.2 Å². The van der Waals surface area contributed by atoms with Crippen molar-refractivity contribution in [2.75, 3.05) is 31.5 Å². The minimum atomic E-state index is -0.653. The molecule has 3 aliphatic heterocycles. The lowest BCUT2D eigenvalue weighted by molar-refractivity contribution is -0.131. The molecule has 0 saturated carbocycles. The van der Waals surface area contributed by atoms with Gasteiger partial charge in [-0.1, -0.05) is 23.2 Å². The van der Waals surface area contributed by atoms with E-state index < -0.39 is 17.4 Å². The lowest BCUT2D eigenvalue weighted by Crippen LogP contribution is -2.42. The van der Waals surface area contributed by atoms with Crippen LogP contribution in [0.4, 0.5) is 14.9 Å². The van der Waals surface area contributed by atoms with E-state index in [1.54, 1.807) is 15.9 Å². The molecule has 1 saturated heterocycles. The number of hydrogen-bond acceptors (Lipinski definition) is 6. The summed E-state index contributed by atoms with van der Waals surface area (Å²) < 4.78 is 26.0. The Hall–Kier alpha value is -3.30. The number of ether oxygens (including phenoxy) is 2. The Balaban J connectivity index is 1.25. The van der Waals surface area contributed by atoms with E-state index >= 15 is 4.39 Å². The first-order valence-corrected chi connectivity index (χ1v) is 14.8. The summed E-state index contributed by atoms with van der Waals surface area (Å²) in [5.41, 5.74) is 2.02. The maximum Gasteiger partial charge on any atom is 0.410 e. The molecule has 0 radical (unpaired) electrons. The molecule has 2 aromatic rings. The van der Waals surface area contributed by atoms with Gasteiger partial charge in [0, 0.05) is 35.2 Å². The predicted octanol–water partition coefficient (Wildman–Crippen LogP) is 6.85. The van der Waals surface area contributed by atoms with E-state index in [-0.39, 0.29) is 41.8 Å². The molecule has 11 heteroatoms. The van der Waals surface area contributed by atoms with Crippen molar-refractivity contribution < 1.29 is 28.2 Å². The van der Waals surface area contributed by atoms with E-state index in [1.165, 1.54) is 6.07 Å². The topological polar surface area (TPSA) is 88.2 Å². The van der Waals surface area contributed by atoms with Crippen LogP contribution in [-0.4, -0.2) is 59.5 Å². The molecule has 2 amide bonds. The lowest BCUT2D eigenvalue weighted by Gasteiger charge is -2.36. The van der Waals surface area contributed by atoms with Crippen LogP contribution in [0, 0.1) is 11.7 Å². The van der Waals surface area contributed by atoms with Gasteiger partial charge in [-0.25, -0.2) is 14.0 Å². The summed E-state index contributed by atoms with van der Waals surface area (Å²) in [6.07, 6.45) is 3.48. The number of cyclic esters (lactones) is 1. The molecular formula is C31H34Cl2FN3O5. The smallest absolute Gasteiger partial charge is 0.410 e. The SMILES string of the molecule is CC1c2c(Cl)cc(Cl)cc2CCN1C(=O)CNc1cc2c(cc1F)C(=O)O/C2=C\C1CCN(C(=O)OC(C)(C)C)CC1. The molecule has 3 heterocycles. The summed E-state index contributed by atoms with van der Waals surface area (Å²) in [6.45, 7) is 8.77. The van der Waals surface area contributed by atoms with Gasteiger partial charge in [0.25, 0.3) is 0 Å². The molecule has 0 spiro atoms. The molecule has 8 nitrogen and oxygen atoms in total. The van der Waals surface area contributed by atoms with Crippen molar-refractivity contribution in [3.05, 3.63) is 68.5 Å². The first-order valence-electron chi connectivity index (χ1n) is 14.1. The van der Waals surface area contributed by atoms with Gasteiger partial charge in [-0.3, -0.25) is 4.79 Å². The minimum absolute atomic E-state index is 0.0608. The van der Waals surface area contributed by atoms with Crippen LogP contribution in [0.15, 0.2) is 30.3 Å². The number of hydrogen-bond donors (Lipinski definition) is 1. The van der Waals surface area contributed by atoms with Gasteiger partial charge in [0.15, 0.2) is 0 Å². The fraction of sp³-hybridized carbons (Fsp3) is 0.452. The number of piperidine rings is 1. The number of likely N-dealkylation sites (tertiary alicyclic amines) is 1. The van der Waals surface area contributed by atoms with Crippen LogP contribution in [0.25, 0.3) is 5.76 Å². The zero-order chi connectivity index (χ0) is 30.3. The molecule has 224 valence electrons. The average Bonchev–Trinajstić information content (AvgIpc) is 3.19. The number of allylic oxidation sites excluding steroid dienone is 1. The second-order valence-corrected chi connectivity index (χ2v) is 12.8. The van der Waals surface area contributed by atoms with Crippen LogP contribution in [-0.2, 0) is 20.7 Å². The summed E-state index contributed by atoms with van der Waals surface area (Å²) in [6, 6.07) is 5.93. The van der Waals surface area contributed by atoms with Crippen molar-refractivity contribution in [3.63, 3.8) is 0 Å². The highest BCUT2D eigenvalue weighted by molar-refractivity contribution is 6.35. The highest BCUT2D eigenvalue weighted by Gasteiger charge is 2.33. The zero-order valence-electron chi connectivity index (χ0n) is 24.1. The van der Waals surface area contributed by atoms with Gasteiger partial charge in [0.2, 0.25) is 5.91 Å². The molecule has 5 rings (SSSR count). The van der Waals surface area contributed by atoms with Crippen molar-refractivity contribution in [1.29, 1.82) is 0 Å². The summed E-state index contributed by atoms with van der Waals surface area (Å²) in [5.74, 6) is -1.07. The van der Waals surface area contributed by atoms with E-state index in [1.807, 2.05) is 39.8 Å². The number of carbonyl (C=O) groups is 3. The number of nitrogens with zero attached hydrogens (tertiary/aromatic N) is 2. The molecule has 1 N–H and O–H groups in total. The summed E-state index contributed by atoms with van der Waals surface area (Å²) in [4.78, 5) is 41.5. The fourth-order valence-electron chi connectivity index (χ4n) is 5.72. The molecule has 3 aliphatic rings. The van der Waals surface area contributed by atoms with Crippen LogP contribution in [0.3, 0.4) is 0 Å². The van der Waals surface area contributed by atoms with E-state index in [9.17, 15) is 14.4 Å². The molecule has 1 atom stereocenters. The second-order valence-electron chi connectivity index (χ2n) is 11.9. The molecule has 0 aromatic heterocycles. The number of fused-ring (bicyclic) bond motifs is 2. The number of benzene rings is 2. The maximum absolute atomic E-state index is 15.0. The summed E-state index contributed by atoms with van der Waals surface area (Å²) >= 11 is 12.6. The quantitative estimate of drug-likeness (QED) is 0.378. The normalized spacial score (nSPS) is 19.8. The number of halogens is 3. The molecule has 0 bridgehead atoms. The standard InChI is InChI=1S/C31H34Cl2FN3O5/c1-17-28-19(12-20(32)13-23(28)33)7-10-37(17)27(38)16-35-25-15-21-22(14-24(25)34)29(39)41-26(21)11-18-5-8-36(9-6-18)30(40)42-31(2,3)4/h11-15,17-18,35H,5-10,16H2,1-4H3/b26-11-. The lowest BCUT2D eigenvalue weighted by atomic mass is 9.93. The first-order chi connectivity index (χ1) is 19.8. The summed E-state index contributed by atoms with van der Waals surface area (Å²) in [7, 11) is 0. The Morgan fingerprint density at radius 2 is 1.83 bits per heavy atom. The Kier molecular flexibility index (Phi) is 8.45. The highest BCUT2D eigenvalue weighted by atomic mass is 35.5. The first kappa shape index (κ1) is 30.2. The van der Waals surface area contributed by atoms with Crippen molar-refractivity contribution in [3.8, 4) is 0 Å². The third-order valence-corrected chi connectivity index (χ3v) is 8.34. The van der Waals surface area contributed by atoms with Gasteiger partial charge in [-0.2, -0.15) is 0 Å². The van der Waals surface area contributed by atoms with Crippen molar-refractivity contribution in [1.82, 2.24) is 9.80 Å². The van der Waals surface area contributed by atoms with E-state index in [0.29, 0.717) is 60.3 Å². The molecule has 1 fully saturated rings. The Bertz CT molecular complexity index is 1460. The van der Waals surface area contributed by atoms with Crippen molar-refractivity contribution in [2.24, 2.45) is 5.92 Å². The van der Waals surface area contributed by atoms with Crippen LogP contribution >= 0.6 is 23.2 Å². The summed E-state index contributed by atoms with van der Waals surface area (Å²) in [5, 5.41) is 3.98. The molecule has 0 aliphatic carbocycles. The largest absolute Gasteiger partial charge is 0.444 e. The average molecular weight is 619 g/mol. The number of anilines is 1. The monoisotopic (exact) mass is 617 g/mol. The van der Waals surface area contributed by atoms with Gasteiger partial charge in [-0.15, -0.1) is 0 Å². The zero-order valence-corrected chi connectivity index (χ0v) is 25.6. The third kappa shape index (κ3) is 6.37. The highest BCUT2D eigenvalue weighted by Crippen LogP contribution is 2.38. The van der Waals surface area contributed by atoms with Crippen molar-refractivity contribution in [2.45, 2.75) is 58.6 Å². The van der Waals surface area contributed by atoms with Gasteiger partial charge >= 0.3 is 12.1 Å².